The fourth-order valence-corrected chi connectivity index (χ4v) is 2.86. The van der Waals surface area contributed by atoms with Crippen LogP contribution in [0.3, 0.4) is 0 Å². The van der Waals surface area contributed by atoms with E-state index in [9.17, 15) is 4.79 Å². The third kappa shape index (κ3) is 4.51. The molecule has 4 heteroatoms. The van der Waals surface area contributed by atoms with Crippen molar-refractivity contribution >= 4 is 5.91 Å². The fourth-order valence-electron chi connectivity index (χ4n) is 2.86. The third-order valence-corrected chi connectivity index (χ3v) is 4.17. The summed E-state index contributed by atoms with van der Waals surface area (Å²) in [6.45, 7) is 0.489. The molecule has 3 rings (SSSR count). The summed E-state index contributed by atoms with van der Waals surface area (Å²) in [5, 5.41) is 3.00. The standard InChI is InChI=1S/C21H22N2O2/c1-25-19-11-7-8-17(14-19)16-22-21(24)15-20(23-12-5-6-13-23)18-9-3-2-4-10-18/h2-14,20H,15-16H2,1H3,(H,22,24)/t20-/m0/s1. The molecule has 2 aromatic carbocycles. The highest BCUT2D eigenvalue weighted by molar-refractivity contribution is 5.76. The molecule has 4 nitrogen and oxygen atoms in total. The van der Waals surface area contributed by atoms with Gasteiger partial charge < -0.3 is 14.6 Å². The van der Waals surface area contributed by atoms with Crippen molar-refractivity contribution in [3.8, 4) is 5.75 Å². The highest BCUT2D eigenvalue weighted by Gasteiger charge is 2.17. The monoisotopic (exact) mass is 334 g/mol. The Kier molecular flexibility index (Phi) is 5.52. The van der Waals surface area contributed by atoms with E-state index in [1.165, 1.54) is 0 Å². The Morgan fingerprint density at radius 1 is 1.04 bits per heavy atom. The molecule has 25 heavy (non-hydrogen) atoms. The zero-order chi connectivity index (χ0) is 17.5. The molecule has 128 valence electrons. The maximum absolute atomic E-state index is 12.5. The maximum atomic E-state index is 12.5. The molecule has 0 saturated heterocycles. The molecule has 0 aliphatic rings. The average Bonchev–Trinajstić information content (AvgIpc) is 3.20. The molecule has 0 saturated carbocycles. The van der Waals surface area contributed by atoms with Crippen molar-refractivity contribution in [2.24, 2.45) is 0 Å². The lowest BCUT2D eigenvalue weighted by Gasteiger charge is -2.19. The van der Waals surface area contributed by atoms with Gasteiger partial charge >= 0.3 is 0 Å². The maximum Gasteiger partial charge on any atom is 0.222 e. The van der Waals surface area contributed by atoms with E-state index in [1.807, 2.05) is 67.0 Å². The molecule has 0 fully saturated rings. The van der Waals surface area contributed by atoms with E-state index in [0.717, 1.165) is 16.9 Å². The predicted molar refractivity (Wildman–Crippen MR) is 98.5 cm³/mol. The van der Waals surface area contributed by atoms with Crippen molar-refractivity contribution < 1.29 is 9.53 Å². The van der Waals surface area contributed by atoms with E-state index in [2.05, 4.69) is 22.0 Å². The van der Waals surface area contributed by atoms with Crippen molar-refractivity contribution in [1.29, 1.82) is 0 Å². The average molecular weight is 334 g/mol. The molecule has 0 aliphatic heterocycles. The number of carbonyl (C=O) groups excluding carboxylic acids is 1. The number of nitrogens with zero attached hydrogens (tertiary/aromatic N) is 1. The lowest BCUT2D eigenvalue weighted by atomic mass is 10.0. The first kappa shape index (κ1) is 16.8. The van der Waals surface area contributed by atoms with E-state index in [-0.39, 0.29) is 11.9 Å². The first-order valence-electron chi connectivity index (χ1n) is 8.33. The van der Waals surface area contributed by atoms with E-state index < -0.39 is 0 Å². The van der Waals surface area contributed by atoms with Crippen molar-refractivity contribution in [3.63, 3.8) is 0 Å². The zero-order valence-electron chi connectivity index (χ0n) is 14.3. The van der Waals surface area contributed by atoms with Gasteiger partial charge in [-0.15, -0.1) is 0 Å². The van der Waals surface area contributed by atoms with Crippen LogP contribution < -0.4 is 10.1 Å². The van der Waals surface area contributed by atoms with Crippen molar-refractivity contribution in [2.75, 3.05) is 7.11 Å². The lowest BCUT2D eigenvalue weighted by Crippen LogP contribution is -2.26. The number of hydrogen-bond donors (Lipinski definition) is 1. The topological polar surface area (TPSA) is 43.3 Å². The molecular formula is C21H22N2O2. The molecule has 1 N–H and O–H groups in total. The molecule has 1 atom stereocenters. The van der Waals surface area contributed by atoms with Crippen LogP contribution in [-0.4, -0.2) is 17.6 Å². The zero-order valence-corrected chi connectivity index (χ0v) is 14.3. The number of carbonyl (C=O) groups is 1. The Morgan fingerprint density at radius 2 is 1.80 bits per heavy atom. The number of amides is 1. The summed E-state index contributed by atoms with van der Waals surface area (Å²) in [6, 6.07) is 21.8. The Morgan fingerprint density at radius 3 is 2.52 bits per heavy atom. The molecule has 0 bridgehead atoms. The van der Waals surface area contributed by atoms with E-state index >= 15 is 0 Å². The molecule has 0 radical (unpaired) electrons. The summed E-state index contributed by atoms with van der Waals surface area (Å²) >= 11 is 0. The summed E-state index contributed by atoms with van der Waals surface area (Å²) in [4.78, 5) is 12.5. The number of benzene rings is 2. The van der Waals surface area contributed by atoms with Gasteiger partial charge in [0.15, 0.2) is 0 Å². The number of ether oxygens (including phenoxy) is 1. The molecule has 1 aromatic heterocycles. The highest BCUT2D eigenvalue weighted by atomic mass is 16.5. The van der Waals surface area contributed by atoms with Crippen LogP contribution in [0.4, 0.5) is 0 Å². The van der Waals surface area contributed by atoms with Crippen molar-refractivity contribution in [2.45, 2.75) is 19.0 Å². The molecule has 0 aliphatic carbocycles. The van der Waals surface area contributed by atoms with Crippen LogP contribution >= 0.6 is 0 Å². The summed E-state index contributed by atoms with van der Waals surface area (Å²) < 4.78 is 7.29. The second-order valence-electron chi connectivity index (χ2n) is 5.89. The van der Waals surface area contributed by atoms with Gasteiger partial charge in [-0.1, -0.05) is 42.5 Å². The van der Waals surface area contributed by atoms with Gasteiger partial charge in [0, 0.05) is 18.9 Å². The number of methoxy groups -OCH3 is 1. The van der Waals surface area contributed by atoms with Crippen LogP contribution in [0.1, 0.15) is 23.6 Å². The van der Waals surface area contributed by atoms with Gasteiger partial charge in [0.2, 0.25) is 5.91 Å². The minimum Gasteiger partial charge on any atom is -0.497 e. The first-order valence-corrected chi connectivity index (χ1v) is 8.33. The minimum atomic E-state index is -0.0125. The largest absolute Gasteiger partial charge is 0.497 e. The fraction of sp³-hybridized carbons (Fsp3) is 0.190. The van der Waals surface area contributed by atoms with Gasteiger partial charge in [0.25, 0.3) is 0 Å². The Hall–Kier alpha value is -3.01. The second kappa shape index (κ2) is 8.20. The lowest BCUT2D eigenvalue weighted by molar-refractivity contribution is -0.121. The number of nitrogens with one attached hydrogen (secondary N) is 1. The van der Waals surface area contributed by atoms with Gasteiger partial charge in [0.1, 0.15) is 5.75 Å². The Bertz CT molecular complexity index is 798. The molecule has 1 heterocycles. The van der Waals surface area contributed by atoms with E-state index in [1.54, 1.807) is 7.11 Å². The van der Waals surface area contributed by atoms with E-state index in [0.29, 0.717) is 13.0 Å². The Balaban J connectivity index is 1.66. The van der Waals surface area contributed by atoms with E-state index in [4.69, 9.17) is 4.74 Å². The number of rotatable bonds is 7. The van der Waals surface area contributed by atoms with Gasteiger partial charge in [-0.25, -0.2) is 0 Å². The highest BCUT2D eigenvalue weighted by Crippen LogP contribution is 2.22. The van der Waals surface area contributed by atoms with Gasteiger partial charge in [-0.2, -0.15) is 0 Å². The SMILES string of the molecule is COc1cccc(CNC(=O)C[C@@H](c2ccccc2)n2cccc2)c1. The molecule has 0 spiro atoms. The van der Waals surface area contributed by atoms with Crippen LogP contribution in [0.2, 0.25) is 0 Å². The van der Waals surface area contributed by atoms with Gasteiger partial charge in [-0.05, 0) is 35.4 Å². The van der Waals surface area contributed by atoms with Crippen LogP contribution in [0.15, 0.2) is 79.1 Å². The summed E-state index contributed by atoms with van der Waals surface area (Å²) in [6.07, 6.45) is 4.38. The minimum absolute atomic E-state index is 0.0125. The van der Waals surface area contributed by atoms with Crippen LogP contribution in [-0.2, 0) is 11.3 Å². The summed E-state index contributed by atoms with van der Waals surface area (Å²) in [5.41, 5.74) is 2.14. The quantitative estimate of drug-likeness (QED) is 0.714. The Labute approximate surface area is 148 Å². The summed E-state index contributed by atoms with van der Waals surface area (Å²) in [5.74, 6) is 0.812. The van der Waals surface area contributed by atoms with Crippen LogP contribution in [0, 0.1) is 0 Å². The number of hydrogen-bond acceptors (Lipinski definition) is 2. The molecule has 1 amide bonds. The summed E-state index contributed by atoms with van der Waals surface area (Å²) in [7, 11) is 1.64. The molecular weight excluding hydrogens is 312 g/mol. The second-order valence-corrected chi connectivity index (χ2v) is 5.89. The van der Waals surface area contributed by atoms with Crippen molar-refractivity contribution in [1.82, 2.24) is 9.88 Å². The first-order chi connectivity index (χ1) is 12.3. The normalized spacial score (nSPS) is 11.7. The molecule has 3 aromatic rings. The predicted octanol–water partition coefficient (Wildman–Crippen LogP) is 3.79. The smallest absolute Gasteiger partial charge is 0.222 e. The molecule has 0 unspecified atom stereocenters. The third-order valence-electron chi connectivity index (χ3n) is 4.17. The van der Waals surface area contributed by atoms with Gasteiger partial charge in [-0.3, -0.25) is 4.79 Å². The number of aromatic nitrogens is 1. The van der Waals surface area contributed by atoms with Crippen molar-refractivity contribution in [3.05, 3.63) is 90.3 Å². The van der Waals surface area contributed by atoms with Gasteiger partial charge in [0.05, 0.1) is 19.6 Å². The van der Waals surface area contributed by atoms with Crippen LogP contribution in [0.5, 0.6) is 5.75 Å². The van der Waals surface area contributed by atoms with Crippen LogP contribution in [0.25, 0.3) is 0 Å².